The number of amides is 1. The van der Waals surface area contributed by atoms with E-state index in [0.717, 1.165) is 12.1 Å². The molecule has 0 saturated carbocycles. The molecule has 0 aliphatic carbocycles. The molecule has 28 heavy (non-hydrogen) atoms. The van der Waals surface area contributed by atoms with E-state index in [0.29, 0.717) is 0 Å². The minimum absolute atomic E-state index is 0.0399. The number of furan rings is 1. The highest BCUT2D eigenvalue weighted by Crippen LogP contribution is 2.30. The summed E-state index contributed by atoms with van der Waals surface area (Å²) >= 11 is 0. The van der Waals surface area contributed by atoms with E-state index in [1.165, 1.54) is 36.4 Å². The predicted octanol–water partition coefficient (Wildman–Crippen LogP) is 4.52. The van der Waals surface area contributed by atoms with Crippen LogP contribution in [0.4, 0.5) is 18.9 Å². The number of nitrogens with one attached hydrogen (secondary N) is 1. The molecule has 1 N–H and O–H groups in total. The maximum Gasteiger partial charge on any atom is 0.416 e. The van der Waals surface area contributed by atoms with Crippen molar-refractivity contribution in [1.29, 1.82) is 0 Å². The summed E-state index contributed by atoms with van der Waals surface area (Å²) in [6.45, 7) is 0. The number of hydrogen-bond donors (Lipinski definition) is 1. The van der Waals surface area contributed by atoms with Gasteiger partial charge in [0.1, 0.15) is 11.5 Å². The Morgan fingerprint density at radius 3 is 2.36 bits per heavy atom. The molecular formula is C19H14F3NO4S. The summed E-state index contributed by atoms with van der Waals surface area (Å²) in [6, 6.07) is 14.5. The zero-order valence-corrected chi connectivity index (χ0v) is 15.0. The molecule has 3 rings (SSSR count). The first-order chi connectivity index (χ1) is 13.1. The number of alkyl halides is 3. The Balaban J connectivity index is 1.73. The zero-order chi connectivity index (χ0) is 20.4. The van der Waals surface area contributed by atoms with Crippen LogP contribution in [0.15, 0.2) is 76.0 Å². The van der Waals surface area contributed by atoms with Crippen molar-refractivity contribution in [3.05, 3.63) is 83.8 Å². The van der Waals surface area contributed by atoms with E-state index < -0.39 is 33.2 Å². The standard InChI is InChI=1S/C19H14F3NO4S/c20-19(21,22)13-5-4-6-14(11-13)23-18(24)17-10-9-15(27-17)12-28(25,26)16-7-2-1-3-8-16/h1-11H,12H2,(H,23,24). The molecule has 9 heteroatoms. The van der Waals surface area contributed by atoms with Gasteiger partial charge in [0, 0.05) is 5.69 Å². The molecule has 1 aromatic heterocycles. The summed E-state index contributed by atoms with van der Waals surface area (Å²) < 4.78 is 68.2. The number of anilines is 1. The average molecular weight is 409 g/mol. The maximum atomic E-state index is 12.7. The van der Waals surface area contributed by atoms with Gasteiger partial charge in [0.2, 0.25) is 0 Å². The van der Waals surface area contributed by atoms with Gasteiger partial charge in [-0.15, -0.1) is 0 Å². The Labute approximate surface area is 158 Å². The molecule has 0 unspecified atom stereocenters. The van der Waals surface area contributed by atoms with Crippen LogP contribution in [0.2, 0.25) is 0 Å². The van der Waals surface area contributed by atoms with Crippen molar-refractivity contribution in [2.45, 2.75) is 16.8 Å². The zero-order valence-electron chi connectivity index (χ0n) is 14.2. The van der Waals surface area contributed by atoms with Crippen molar-refractivity contribution in [3.63, 3.8) is 0 Å². The highest BCUT2D eigenvalue weighted by atomic mass is 32.2. The van der Waals surface area contributed by atoms with Gasteiger partial charge in [0.25, 0.3) is 5.91 Å². The third kappa shape index (κ3) is 4.61. The van der Waals surface area contributed by atoms with Crippen molar-refractivity contribution in [3.8, 4) is 0 Å². The monoisotopic (exact) mass is 409 g/mol. The highest BCUT2D eigenvalue weighted by Gasteiger charge is 2.30. The van der Waals surface area contributed by atoms with Crippen LogP contribution in [-0.2, 0) is 21.8 Å². The Morgan fingerprint density at radius 2 is 1.68 bits per heavy atom. The molecule has 2 aromatic carbocycles. The molecule has 0 saturated heterocycles. The van der Waals surface area contributed by atoms with Crippen molar-refractivity contribution in [1.82, 2.24) is 0 Å². The third-order valence-electron chi connectivity index (χ3n) is 3.77. The minimum Gasteiger partial charge on any atom is -0.455 e. The molecule has 0 spiro atoms. The van der Waals surface area contributed by atoms with Crippen LogP contribution in [0.3, 0.4) is 0 Å². The first kappa shape index (κ1) is 19.7. The Morgan fingerprint density at radius 1 is 0.964 bits per heavy atom. The van der Waals surface area contributed by atoms with E-state index in [4.69, 9.17) is 4.42 Å². The summed E-state index contributed by atoms with van der Waals surface area (Å²) in [5.41, 5.74) is -0.964. The van der Waals surface area contributed by atoms with Gasteiger partial charge in [-0.05, 0) is 42.5 Å². The van der Waals surface area contributed by atoms with Gasteiger partial charge in [-0.2, -0.15) is 13.2 Å². The molecule has 0 atom stereocenters. The fourth-order valence-electron chi connectivity index (χ4n) is 2.44. The molecule has 1 heterocycles. The summed E-state index contributed by atoms with van der Waals surface area (Å²) in [5.74, 6) is -1.41. The van der Waals surface area contributed by atoms with Gasteiger partial charge in [-0.25, -0.2) is 8.42 Å². The molecule has 0 aliphatic heterocycles. The van der Waals surface area contributed by atoms with Crippen LogP contribution in [0.1, 0.15) is 21.9 Å². The average Bonchev–Trinajstić information content (AvgIpc) is 3.10. The molecule has 0 bridgehead atoms. The second kappa shape index (κ2) is 7.51. The number of carbonyl (C=O) groups excluding carboxylic acids is 1. The van der Waals surface area contributed by atoms with Gasteiger partial charge in [0.15, 0.2) is 15.6 Å². The van der Waals surface area contributed by atoms with Gasteiger partial charge in [0.05, 0.1) is 10.5 Å². The van der Waals surface area contributed by atoms with Gasteiger partial charge in [-0.3, -0.25) is 4.79 Å². The number of carbonyl (C=O) groups is 1. The lowest BCUT2D eigenvalue weighted by Gasteiger charge is -2.09. The number of rotatable bonds is 5. The molecule has 1 amide bonds. The van der Waals surface area contributed by atoms with E-state index in [2.05, 4.69) is 5.32 Å². The van der Waals surface area contributed by atoms with Gasteiger partial charge in [-0.1, -0.05) is 24.3 Å². The number of benzene rings is 2. The Bertz CT molecular complexity index is 1090. The Hall–Kier alpha value is -3.07. The van der Waals surface area contributed by atoms with Crippen molar-refractivity contribution in [2.75, 3.05) is 5.32 Å². The highest BCUT2D eigenvalue weighted by molar-refractivity contribution is 7.90. The van der Waals surface area contributed by atoms with Crippen LogP contribution in [0.25, 0.3) is 0 Å². The number of hydrogen-bond acceptors (Lipinski definition) is 4. The lowest BCUT2D eigenvalue weighted by atomic mass is 10.2. The molecule has 0 aliphatic rings. The van der Waals surface area contributed by atoms with E-state index in [1.807, 2.05) is 0 Å². The SMILES string of the molecule is O=C(Nc1cccc(C(F)(F)F)c1)c1ccc(CS(=O)(=O)c2ccccc2)o1. The lowest BCUT2D eigenvalue weighted by molar-refractivity contribution is -0.137. The number of sulfone groups is 1. The number of halogens is 3. The van der Waals surface area contributed by atoms with Gasteiger partial charge >= 0.3 is 6.18 Å². The van der Waals surface area contributed by atoms with E-state index in [-0.39, 0.29) is 22.1 Å². The molecule has 146 valence electrons. The van der Waals surface area contributed by atoms with E-state index >= 15 is 0 Å². The smallest absolute Gasteiger partial charge is 0.416 e. The minimum atomic E-state index is -4.54. The van der Waals surface area contributed by atoms with Gasteiger partial charge < -0.3 is 9.73 Å². The first-order valence-corrected chi connectivity index (χ1v) is 9.65. The summed E-state index contributed by atoms with van der Waals surface area (Å²) in [7, 11) is -3.66. The topological polar surface area (TPSA) is 76.4 Å². The summed E-state index contributed by atoms with van der Waals surface area (Å²) in [4.78, 5) is 12.3. The van der Waals surface area contributed by atoms with E-state index in [1.54, 1.807) is 18.2 Å². The fourth-order valence-corrected chi connectivity index (χ4v) is 3.71. The van der Waals surface area contributed by atoms with Crippen LogP contribution in [0, 0.1) is 0 Å². The molecule has 5 nitrogen and oxygen atoms in total. The summed E-state index contributed by atoms with van der Waals surface area (Å²) in [5, 5.41) is 2.30. The van der Waals surface area contributed by atoms with Crippen LogP contribution in [-0.4, -0.2) is 14.3 Å². The second-order valence-corrected chi connectivity index (χ2v) is 7.86. The largest absolute Gasteiger partial charge is 0.455 e. The predicted molar refractivity (Wildman–Crippen MR) is 95.4 cm³/mol. The maximum absolute atomic E-state index is 12.7. The molecule has 0 radical (unpaired) electrons. The van der Waals surface area contributed by atoms with Crippen LogP contribution < -0.4 is 5.32 Å². The first-order valence-electron chi connectivity index (χ1n) is 8.00. The lowest BCUT2D eigenvalue weighted by Crippen LogP contribution is -2.12. The molecular weight excluding hydrogens is 395 g/mol. The quantitative estimate of drug-likeness (QED) is 0.672. The van der Waals surface area contributed by atoms with Crippen molar-refractivity contribution >= 4 is 21.4 Å². The second-order valence-electron chi connectivity index (χ2n) is 5.87. The Kier molecular flexibility index (Phi) is 5.28. The molecule has 3 aromatic rings. The molecule has 0 fully saturated rings. The van der Waals surface area contributed by atoms with Crippen LogP contribution >= 0.6 is 0 Å². The third-order valence-corrected chi connectivity index (χ3v) is 5.42. The summed E-state index contributed by atoms with van der Waals surface area (Å²) in [6.07, 6.45) is -4.54. The van der Waals surface area contributed by atoms with Crippen molar-refractivity contribution < 1.29 is 30.8 Å². The van der Waals surface area contributed by atoms with Crippen molar-refractivity contribution in [2.24, 2.45) is 0 Å². The van der Waals surface area contributed by atoms with E-state index in [9.17, 15) is 26.4 Å². The normalized spacial score (nSPS) is 12.0. The van der Waals surface area contributed by atoms with Crippen LogP contribution in [0.5, 0.6) is 0 Å². The fraction of sp³-hybridized carbons (Fsp3) is 0.105.